The second-order valence-corrected chi connectivity index (χ2v) is 6.57. The van der Waals surface area contributed by atoms with E-state index in [0.717, 1.165) is 24.6 Å². The number of anilines is 1. The Kier molecular flexibility index (Phi) is 5.93. The van der Waals surface area contributed by atoms with Crippen molar-refractivity contribution in [2.75, 3.05) is 18.4 Å². The summed E-state index contributed by atoms with van der Waals surface area (Å²) in [6.07, 6.45) is 7.34. The standard InChI is InChI=1S/C20H22N4O3/c25-17(11-15-5-2-1-3-6-15)20(9-4-10-21-14-20)24-18-13-22-16(12-23-18)7-8-19(26)27/h1-3,5-8,12-13,21H,4,9-11,14H2,(H,23,24)(H,26,27)/b8-7+/t20-/m1/s1. The molecule has 3 rings (SSSR count). The van der Waals surface area contributed by atoms with Crippen LogP contribution in [-0.2, 0) is 16.0 Å². The Bertz CT molecular complexity index is 813. The smallest absolute Gasteiger partial charge is 0.328 e. The van der Waals surface area contributed by atoms with Crippen molar-refractivity contribution in [3.8, 4) is 0 Å². The first-order valence-corrected chi connectivity index (χ1v) is 8.87. The minimum atomic E-state index is -1.04. The van der Waals surface area contributed by atoms with Crippen LogP contribution in [-0.4, -0.2) is 45.5 Å². The summed E-state index contributed by atoms with van der Waals surface area (Å²) in [6.45, 7) is 1.41. The van der Waals surface area contributed by atoms with Gasteiger partial charge in [0.25, 0.3) is 0 Å². The normalized spacial score (nSPS) is 19.7. The van der Waals surface area contributed by atoms with Gasteiger partial charge in [-0.3, -0.25) is 9.78 Å². The number of piperidine rings is 1. The van der Waals surface area contributed by atoms with Crippen molar-refractivity contribution < 1.29 is 14.7 Å². The average Bonchev–Trinajstić information content (AvgIpc) is 2.69. The molecule has 1 fully saturated rings. The molecule has 0 bridgehead atoms. The lowest BCUT2D eigenvalue weighted by molar-refractivity contribution is -0.131. The third-order valence-corrected chi connectivity index (χ3v) is 4.56. The number of benzene rings is 1. The second kappa shape index (κ2) is 8.55. The zero-order valence-electron chi connectivity index (χ0n) is 14.9. The highest BCUT2D eigenvalue weighted by Crippen LogP contribution is 2.24. The van der Waals surface area contributed by atoms with Crippen LogP contribution in [0.15, 0.2) is 48.8 Å². The quantitative estimate of drug-likeness (QED) is 0.643. The number of carbonyl (C=O) groups excluding carboxylic acids is 1. The molecular formula is C20H22N4O3. The topological polar surface area (TPSA) is 104 Å². The lowest BCUT2D eigenvalue weighted by Crippen LogP contribution is -2.57. The first-order chi connectivity index (χ1) is 13.1. The van der Waals surface area contributed by atoms with E-state index < -0.39 is 11.5 Å². The molecule has 0 amide bonds. The average molecular weight is 366 g/mol. The van der Waals surface area contributed by atoms with E-state index in [9.17, 15) is 9.59 Å². The van der Waals surface area contributed by atoms with Gasteiger partial charge < -0.3 is 15.7 Å². The number of nitrogens with one attached hydrogen (secondary N) is 2. The molecule has 0 saturated carbocycles. The number of rotatable bonds is 7. The number of ketones is 1. The van der Waals surface area contributed by atoms with Crippen LogP contribution >= 0.6 is 0 Å². The molecule has 0 radical (unpaired) electrons. The minimum Gasteiger partial charge on any atom is -0.478 e. The molecule has 2 aromatic rings. The Morgan fingerprint density at radius 1 is 1.22 bits per heavy atom. The summed E-state index contributed by atoms with van der Waals surface area (Å²) in [6, 6.07) is 9.68. The van der Waals surface area contributed by atoms with Gasteiger partial charge in [-0.15, -0.1) is 0 Å². The van der Waals surface area contributed by atoms with Crippen LogP contribution in [0.4, 0.5) is 5.82 Å². The number of nitrogens with zero attached hydrogens (tertiary/aromatic N) is 2. The summed E-state index contributed by atoms with van der Waals surface area (Å²) < 4.78 is 0. The molecule has 1 atom stereocenters. The van der Waals surface area contributed by atoms with Gasteiger partial charge in [0.05, 0.1) is 18.1 Å². The van der Waals surface area contributed by atoms with Gasteiger partial charge in [-0.25, -0.2) is 9.78 Å². The van der Waals surface area contributed by atoms with E-state index in [-0.39, 0.29) is 5.78 Å². The Morgan fingerprint density at radius 2 is 2.04 bits per heavy atom. The SMILES string of the molecule is O=C(O)/C=C/c1cnc(N[C@]2(C(=O)Cc3ccccc3)CCCNC2)cn1. The molecule has 0 unspecified atom stereocenters. The number of Topliss-reactive ketones (excluding diaryl/α,β-unsaturated/α-hetero) is 1. The van der Waals surface area contributed by atoms with Crippen molar-refractivity contribution in [1.29, 1.82) is 0 Å². The Labute approximate surface area is 157 Å². The number of hydrogen-bond donors (Lipinski definition) is 3. The Hall–Kier alpha value is -3.06. The van der Waals surface area contributed by atoms with Gasteiger partial charge in [0.2, 0.25) is 0 Å². The number of hydrogen-bond acceptors (Lipinski definition) is 6. The fraction of sp³-hybridized carbons (Fsp3) is 0.300. The van der Waals surface area contributed by atoms with E-state index in [4.69, 9.17) is 5.11 Å². The molecule has 0 aliphatic carbocycles. The minimum absolute atomic E-state index is 0.109. The molecule has 7 heteroatoms. The summed E-state index contributed by atoms with van der Waals surface area (Å²) in [5.74, 6) is -0.442. The van der Waals surface area contributed by atoms with E-state index in [1.54, 1.807) is 0 Å². The number of carboxylic acids is 1. The Morgan fingerprint density at radius 3 is 2.67 bits per heavy atom. The number of aromatic nitrogens is 2. The fourth-order valence-electron chi connectivity index (χ4n) is 3.16. The van der Waals surface area contributed by atoms with Crippen LogP contribution in [0.2, 0.25) is 0 Å². The largest absolute Gasteiger partial charge is 0.478 e. The predicted molar refractivity (Wildman–Crippen MR) is 102 cm³/mol. The molecular weight excluding hydrogens is 344 g/mol. The summed E-state index contributed by atoms with van der Waals surface area (Å²) in [5.41, 5.74) is 0.685. The number of aliphatic carboxylic acids is 1. The first-order valence-electron chi connectivity index (χ1n) is 8.87. The van der Waals surface area contributed by atoms with E-state index in [1.165, 1.54) is 18.5 Å². The molecule has 1 saturated heterocycles. The maximum atomic E-state index is 13.1. The van der Waals surface area contributed by atoms with Crippen LogP contribution in [0.5, 0.6) is 0 Å². The molecule has 27 heavy (non-hydrogen) atoms. The third-order valence-electron chi connectivity index (χ3n) is 4.56. The summed E-state index contributed by atoms with van der Waals surface area (Å²) in [5, 5.41) is 15.2. The maximum Gasteiger partial charge on any atom is 0.328 e. The fourth-order valence-corrected chi connectivity index (χ4v) is 3.16. The van der Waals surface area contributed by atoms with Gasteiger partial charge in [-0.05, 0) is 31.0 Å². The molecule has 0 spiro atoms. The highest BCUT2D eigenvalue weighted by molar-refractivity contribution is 5.93. The highest BCUT2D eigenvalue weighted by Gasteiger charge is 2.39. The van der Waals surface area contributed by atoms with Gasteiger partial charge in [-0.2, -0.15) is 0 Å². The van der Waals surface area contributed by atoms with Crippen LogP contribution in [0.25, 0.3) is 6.08 Å². The van der Waals surface area contributed by atoms with Crippen molar-refractivity contribution in [2.45, 2.75) is 24.8 Å². The van der Waals surface area contributed by atoms with Crippen LogP contribution in [0.3, 0.4) is 0 Å². The third kappa shape index (κ3) is 4.98. The molecule has 1 aromatic heterocycles. The van der Waals surface area contributed by atoms with Crippen molar-refractivity contribution in [3.63, 3.8) is 0 Å². The number of carbonyl (C=O) groups is 2. The van der Waals surface area contributed by atoms with Crippen LogP contribution in [0.1, 0.15) is 24.1 Å². The zero-order valence-corrected chi connectivity index (χ0v) is 14.9. The summed E-state index contributed by atoms with van der Waals surface area (Å²) in [7, 11) is 0. The number of carboxylic acid groups (broad SMARTS) is 1. The second-order valence-electron chi connectivity index (χ2n) is 6.57. The van der Waals surface area contributed by atoms with Crippen LogP contribution < -0.4 is 10.6 Å². The van der Waals surface area contributed by atoms with E-state index in [0.29, 0.717) is 30.9 Å². The van der Waals surface area contributed by atoms with Gasteiger partial charge in [0.15, 0.2) is 5.78 Å². The molecule has 1 aliphatic heterocycles. The molecule has 7 nitrogen and oxygen atoms in total. The van der Waals surface area contributed by atoms with Gasteiger partial charge in [0.1, 0.15) is 11.4 Å². The highest BCUT2D eigenvalue weighted by atomic mass is 16.4. The Balaban J connectivity index is 1.76. The lowest BCUT2D eigenvalue weighted by Gasteiger charge is -2.37. The van der Waals surface area contributed by atoms with Crippen molar-refractivity contribution >= 4 is 23.6 Å². The van der Waals surface area contributed by atoms with E-state index in [1.807, 2.05) is 30.3 Å². The van der Waals surface area contributed by atoms with E-state index >= 15 is 0 Å². The van der Waals surface area contributed by atoms with Crippen molar-refractivity contribution in [1.82, 2.24) is 15.3 Å². The van der Waals surface area contributed by atoms with Crippen LogP contribution in [0, 0.1) is 0 Å². The predicted octanol–water partition coefficient (Wildman–Crippen LogP) is 1.92. The molecule has 1 aliphatic rings. The molecule has 2 heterocycles. The summed E-state index contributed by atoms with van der Waals surface area (Å²) >= 11 is 0. The molecule has 3 N–H and O–H groups in total. The summed E-state index contributed by atoms with van der Waals surface area (Å²) in [4.78, 5) is 32.2. The van der Waals surface area contributed by atoms with Gasteiger partial charge in [0, 0.05) is 19.0 Å². The monoisotopic (exact) mass is 366 g/mol. The van der Waals surface area contributed by atoms with Crippen molar-refractivity contribution in [2.24, 2.45) is 0 Å². The molecule has 1 aromatic carbocycles. The zero-order chi connectivity index (χ0) is 19.1. The van der Waals surface area contributed by atoms with Crippen molar-refractivity contribution in [3.05, 3.63) is 60.1 Å². The molecule has 140 valence electrons. The van der Waals surface area contributed by atoms with Gasteiger partial charge in [-0.1, -0.05) is 30.3 Å². The lowest BCUT2D eigenvalue weighted by atomic mass is 9.83. The first kappa shape index (κ1) is 18.7. The van der Waals surface area contributed by atoms with E-state index in [2.05, 4.69) is 20.6 Å². The van der Waals surface area contributed by atoms with Gasteiger partial charge >= 0.3 is 5.97 Å². The maximum absolute atomic E-state index is 13.1.